The number of pyridine rings is 2. The van der Waals surface area contributed by atoms with Crippen LogP contribution in [0.25, 0.3) is 22.0 Å². The third-order valence-corrected chi connectivity index (χ3v) is 4.55. The molecular formula is C21H24FN3O4. The van der Waals surface area contributed by atoms with E-state index in [1.165, 1.54) is 24.9 Å². The molecule has 0 saturated carbocycles. The lowest BCUT2D eigenvalue weighted by atomic mass is 9.98. The van der Waals surface area contributed by atoms with Gasteiger partial charge in [0, 0.05) is 30.4 Å². The topological polar surface area (TPSA) is 96.4 Å². The minimum atomic E-state index is -0.479. The molecule has 8 heteroatoms. The Morgan fingerprint density at radius 3 is 2.48 bits per heavy atom. The maximum absolute atomic E-state index is 14.8. The number of methoxy groups -OCH3 is 2. The number of halogens is 1. The van der Waals surface area contributed by atoms with Crippen LogP contribution < -0.4 is 16.0 Å². The summed E-state index contributed by atoms with van der Waals surface area (Å²) in [5.74, 6) is -0.511. The normalized spacial score (nSPS) is 10.3. The molecule has 0 unspecified atom stereocenters. The van der Waals surface area contributed by atoms with Crippen molar-refractivity contribution in [2.24, 2.45) is 12.8 Å². The van der Waals surface area contributed by atoms with Crippen LogP contribution >= 0.6 is 0 Å². The molecule has 0 aliphatic rings. The van der Waals surface area contributed by atoms with Gasteiger partial charge in [0.15, 0.2) is 0 Å². The van der Waals surface area contributed by atoms with Crippen LogP contribution in [0.15, 0.2) is 35.3 Å². The molecule has 0 atom stereocenters. The predicted molar refractivity (Wildman–Crippen MR) is 109 cm³/mol. The number of benzene rings is 1. The number of fused-ring (bicyclic) bond motifs is 1. The third-order valence-electron chi connectivity index (χ3n) is 4.55. The number of aryl methyl sites for hydroxylation is 2. The molecule has 2 aromatic heterocycles. The SMILES string of the molecule is COC(=O)CN.COc1cc(C)n(C)c(=O)c1-c1c(F)cc(C)c2cccnc12. The molecular weight excluding hydrogens is 377 g/mol. The van der Waals surface area contributed by atoms with Crippen LogP contribution in [0.2, 0.25) is 0 Å². The number of aromatic nitrogens is 2. The maximum atomic E-state index is 14.8. The Kier molecular flexibility index (Phi) is 7.06. The standard InChI is InChI=1S/C18H17FN2O2.C3H7NO2/c1-10-8-13(19)15(17-12(10)6-5-7-20-17)16-14(23-4)9-11(2)21(3)18(16)22;1-6-3(5)2-4/h5-9H,1-4H3;2,4H2,1H3. The van der Waals surface area contributed by atoms with Gasteiger partial charge in [-0.25, -0.2) is 4.39 Å². The fraction of sp³-hybridized carbons (Fsp3) is 0.286. The molecule has 0 fully saturated rings. The highest BCUT2D eigenvalue weighted by molar-refractivity contribution is 5.97. The average Bonchev–Trinajstić information content (AvgIpc) is 2.73. The molecule has 3 rings (SSSR count). The van der Waals surface area contributed by atoms with E-state index in [1.807, 2.05) is 13.0 Å². The number of carbonyl (C=O) groups excluding carboxylic acids is 1. The van der Waals surface area contributed by atoms with Gasteiger partial charge < -0.3 is 19.8 Å². The summed E-state index contributed by atoms with van der Waals surface area (Å²) < 4.78 is 25.7. The molecule has 1 aromatic carbocycles. The zero-order valence-electron chi connectivity index (χ0n) is 17.1. The minimum absolute atomic E-state index is 0.0312. The summed E-state index contributed by atoms with van der Waals surface area (Å²) in [5, 5.41) is 0.814. The van der Waals surface area contributed by atoms with E-state index in [1.54, 1.807) is 32.3 Å². The third kappa shape index (κ3) is 4.43. The van der Waals surface area contributed by atoms with E-state index < -0.39 is 5.82 Å². The van der Waals surface area contributed by atoms with Crippen molar-refractivity contribution in [1.82, 2.24) is 9.55 Å². The average molecular weight is 401 g/mol. The number of esters is 1. The molecule has 0 aliphatic heterocycles. The van der Waals surface area contributed by atoms with Gasteiger partial charge in [0.05, 0.1) is 37.4 Å². The zero-order chi connectivity index (χ0) is 21.7. The fourth-order valence-corrected chi connectivity index (χ4v) is 2.88. The van der Waals surface area contributed by atoms with Crippen molar-refractivity contribution in [3.63, 3.8) is 0 Å². The predicted octanol–water partition coefficient (Wildman–Crippen LogP) is 2.48. The fourth-order valence-electron chi connectivity index (χ4n) is 2.88. The van der Waals surface area contributed by atoms with Crippen LogP contribution in [0, 0.1) is 19.7 Å². The van der Waals surface area contributed by atoms with E-state index in [0.717, 1.165) is 16.6 Å². The first-order valence-electron chi connectivity index (χ1n) is 8.82. The Morgan fingerprint density at radius 1 is 1.24 bits per heavy atom. The first-order chi connectivity index (χ1) is 13.8. The van der Waals surface area contributed by atoms with E-state index >= 15 is 0 Å². The summed E-state index contributed by atoms with van der Waals surface area (Å²) in [5.41, 5.74) is 6.85. The van der Waals surface area contributed by atoms with Gasteiger partial charge in [-0.2, -0.15) is 0 Å². The number of hydrogen-bond acceptors (Lipinski definition) is 6. The molecule has 7 nitrogen and oxygen atoms in total. The van der Waals surface area contributed by atoms with Crippen LogP contribution in [0.4, 0.5) is 4.39 Å². The lowest BCUT2D eigenvalue weighted by Crippen LogP contribution is -2.22. The van der Waals surface area contributed by atoms with Crippen LogP contribution in [0.1, 0.15) is 11.3 Å². The summed E-state index contributed by atoms with van der Waals surface area (Å²) in [6.07, 6.45) is 1.59. The van der Waals surface area contributed by atoms with E-state index in [9.17, 15) is 14.0 Å². The van der Waals surface area contributed by atoms with E-state index in [-0.39, 0.29) is 29.2 Å². The lowest BCUT2D eigenvalue weighted by molar-refractivity contribution is -0.138. The van der Waals surface area contributed by atoms with Gasteiger partial charge in [0.2, 0.25) is 0 Å². The van der Waals surface area contributed by atoms with Crippen molar-refractivity contribution < 1.29 is 18.7 Å². The van der Waals surface area contributed by atoms with Gasteiger partial charge in [-0.3, -0.25) is 14.6 Å². The Balaban J connectivity index is 0.000000438. The van der Waals surface area contributed by atoms with Gasteiger partial charge >= 0.3 is 5.97 Å². The molecule has 2 N–H and O–H groups in total. The molecule has 0 amide bonds. The van der Waals surface area contributed by atoms with Crippen molar-refractivity contribution in [3.8, 4) is 16.9 Å². The van der Waals surface area contributed by atoms with Crippen LogP contribution in [0.5, 0.6) is 5.75 Å². The van der Waals surface area contributed by atoms with Gasteiger partial charge in [0.25, 0.3) is 5.56 Å². The van der Waals surface area contributed by atoms with Gasteiger partial charge in [-0.1, -0.05) is 6.07 Å². The van der Waals surface area contributed by atoms with Crippen LogP contribution in [0.3, 0.4) is 0 Å². The zero-order valence-corrected chi connectivity index (χ0v) is 17.1. The highest BCUT2D eigenvalue weighted by Gasteiger charge is 2.21. The van der Waals surface area contributed by atoms with Crippen LogP contribution in [-0.4, -0.2) is 36.3 Å². The summed E-state index contributed by atoms with van der Waals surface area (Å²) in [6, 6.07) is 6.82. The molecule has 0 spiro atoms. The number of rotatable bonds is 3. The quantitative estimate of drug-likeness (QED) is 0.678. The van der Waals surface area contributed by atoms with Gasteiger partial charge in [0.1, 0.15) is 11.6 Å². The molecule has 3 aromatic rings. The first kappa shape index (κ1) is 22.0. The molecule has 154 valence electrons. The monoisotopic (exact) mass is 401 g/mol. The Hall–Kier alpha value is -3.26. The van der Waals surface area contributed by atoms with E-state index in [0.29, 0.717) is 11.3 Å². The van der Waals surface area contributed by atoms with Gasteiger partial charge in [-0.15, -0.1) is 0 Å². The molecule has 2 heterocycles. The van der Waals surface area contributed by atoms with Crippen molar-refractivity contribution >= 4 is 16.9 Å². The largest absolute Gasteiger partial charge is 0.496 e. The van der Waals surface area contributed by atoms with Gasteiger partial charge in [-0.05, 0) is 31.5 Å². The number of ether oxygens (including phenoxy) is 2. The molecule has 0 bridgehead atoms. The molecule has 29 heavy (non-hydrogen) atoms. The summed E-state index contributed by atoms with van der Waals surface area (Å²) in [4.78, 5) is 26.9. The molecule has 0 saturated heterocycles. The molecule has 0 aliphatic carbocycles. The Bertz CT molecular complexity index is 1100. The highest BCUT2D eigenvalue weighted by atomic mass is 19.1. The van der Waals surface area contributed by atoms with E-state index in [4.69, 9.17) is 10.5 Å². The first-order valence-corrected chi connectivity index (χ1v) is 8.82. The number of hydrogen-bond donors (Lipinski definition) is 1. The Morgan fingerprint density at radius 2 is 1.93 bits per heavy atom. The van der Waals surface area contributed by atoms with Crippen molar-refractivity contribution in [3.05, 3.63) is 57.9 Å². The second-order valence-corrected chi connectivity index (χ2v) is 6.32. The minimum Gasteiger partial charge on any atom is -0.496 e. The van der Waals surface area contributed by atoms with Crippen molar-refractivity contribution in [2.75, 3.05) is 20.8 Å². The second-order valence-electron chi connectivity index (χ2n) is 6.32. The van der Waals surface area contributed by atoms with Crippen molar-refractivity contribution in [2.45, 2.75) is 13.8 Å². The molecule has 0 radical (unpaired) electrons. The Labute approximate surface area is 167 Å². The van der Waals surface area contributed by atoms with E-state index in [2.05, 4.69) is 9.72 Å². The lowest BCUT2D eigenvalue weighted by Gasteiger charge is -2.15. The number of nitrogens with zero attached hydrogens (tertiary/aromatic N) is 2. The summed E-state index contributed by atoms with van der Waals surface area (Å²) >= 11 is 0. The number of nitrogens with two attached hydrogens (primary N) is 1. The summed E-state index contributed by atoms with van der Waals surface area (Å²) in [7, 11) is 4.43. The second kappa shape index (κ2) is 9.29. The summed E-state index contributed by atoms with van der Waals surface area (Å²) in [6.45, 7) is 3.59. The highest BCUT2D eigenvalue weighted by Crippen LogP contribution is 2.35. The number of carbonyl (C=O) groups is 1. The smallest absolute Gasteiger partial charge is 0.319 e. The van der Waals surface area contributed by atoms with Crippen molar-refractivity contribution in [1.29, 1.82) is 0 Å². The maximum Gasteiger partial charge on any atom is 0.319 e. The van der Waals surface area contributed by atoms with Crippen LogP contribution in [-0.2, 0) is 16.6 Å².